The lowest BCUT2D eigenvalue weighted by molar-refractivity contribution is -0.107. The lowest BCUT2D eigenvalue weighted by atomic mass is 10.2. The van der Waals surface area contributed by atoms with E-state index in [9.17, 15) is 4.39 Å². The molecule has 0 unspecified atom stereocenters. The molecule has 6 heteroatoms. The van der Waals surface area contributed by atoms with E-state index < -0.39 is 12.1 Å². The zero-order chi connectivity index (χ0) is 11.3. The van der Waals surface area contributed by atoms with Crippen molar-refractivity contribution in [3.63, 3.8) is 0 Å². The third-order valence-electron chi connectivity index (χ3n) is 1.84. The fourth-order valence-electron chi connectivity index (χ4n) is 1.19. The van der Waals surface area contributed by atoms with Crippen LogP contribution in [0.5, 0.6) is 0 Å². The highest BCUT2D eigenvalue weighted by Gasteiger charge is 2.16. The molecule has 0 radical (unpaired) electrons. The van der Waals surface area contributed by atoms with Crippen molar-refractivity contribution in [3.8, 4) is 0 Å². The molecule has 1 rings (SSSR count). The summed E-state index contributed by atoms with van der Waals surface area (Å²) in [6.07, 6.45) is -0.807. The third-order valence-corrected chi connectivity index (χ3v) is 1.84. The molecule has 1 aromatic carbocycles. The van der Waals surface area contributed by atoms with Gasteiger partial charge < -0.3 is 9.47 Å². The summed E-state index contributed by atoms with van der Waals surface area (Å²) in [6, 6.07) is 4.44. The molecule has 5 nitrogen and oxygen atoms in total. The van der Waals surface area contributed by atoms with E-state index in [4.69, 9.17) is 15.0 Å². The summed E-state index contributed by atoms with van der Waals surface area (Å²) >= 11 is 0. The molecule has 0 heterocycles. The summed E-state index contributed by atoms with van der Waals surface area (Å²) in [5.41, 5.74) is 8.34. The Kier molecular flexibility index (Phi) is 4.05. The molecule has 0 saturated carbocycles. The van der Waals surface area contributed by atoms with Crippen LogP contribution in [0, 0.1) is 5.82 Å². The summed E-state index contributed by atoms with van der Waals surface area (Å²) in [5, 5.41) is 3.21. The number of benzene rings is 1. The molecule has 0 bridgehead atoms. The van der Waals surface area contributed by atoms with E-state index >= 15 is 0 Å². The molecule has 1 aromatic rings. The SMILES string of the molecule is COC(OC)c1cccc(N=[N+]=[N-])c1F. The predicted molar refractivity (Wildman–Crippen MR) is 52.0 cm³/mol. The standard InChI is InChI=1S/C9H10FN3O2/c1-14-9(15-2)6-4-3-5-7(8(6)10)12-13-11/h3-5,9H,1-2H3. The number of rotatable bonds is 4. The van der Waals surface area contributed by atoms with E-state index in [1.165, 1.54) is 26.4 Å². The number of hydrogen-bond donors (Lipinski definition) is 0. The number of halogens is 1. The molecule has 0 fully saturated rings. The van der Waals surface area contributed by atoms with E-state index in [1.54, 1.807) is 6.07 Å². The van der Waals surface area contributed by atoms with Crippen molar-refractivity contribution in [1.82, 2.24) is 0 Å². The van der Waals surface area contributed by atoms with Gasteiger partial charge in [0.25, 0.3) is 0 Å². The summed E-state index contributed by atoms with van der Waals surface area (Å²) < 4.78 is 23.5. The van der Waals surface area contributed by atoms with E-state index in [1.807, 2.05) is 0 Å². The van der Waals surface area contributed by atoms with Crippen LogP contribution in [0.25, 0.3) is 10.4 Å². The maximum absolute atomic E-state index is 13.7. The quantitative estimate of drug-likeness (QED) is 0.332. The van der Waals surface area contributed by atoms with Crippen LogP contribution in [0.15, 0.2) is 23.3 Å². The van der Waals surface area contributed by atoms with E-state index in [0.29, 0.717) is 0 Å². The molecule has 0 saturated heterocycles. The van der Waals surface area contributed by atoms with Gasteiger partial charge in [-0.25, -0.2) is 4.39 Å². The summed E-state index contributed by atoms with van der Waals surface area (Å²) in [4.78, 5) is 2.52. The maximum atomic E-state index is 13.7. The van der Waals surface area contributed by atoms with Crippen LogP contribution in [-0.2, 0) is 9.47 Å². The van der Waals surface area contributed by atoms with Crippen LogP contribution >= 0.6 is 0 Å². The third kappa shape index (κ3) is 2.44. The van der Waals surface area contributed by atoms with E-state index in [0.717, 1.165) is 0 Å². The van der Waals surface area contributed by atoms with Gasteiger partial charge in [-0.1, -0.05) is 17.2 Å². The van der Waals surface area contributed by atoms with Crippen LogP contribution < -0.4 is 0 Å². The van der Waals surface area contributed by atoms with Gasteiger partial charge in [-0.05, 0) is 11.6 Å². The normalized spacial score (nSPS) is 10.1. The molecule has 0 aliphatic rings. The van der Waals surface area contributed by atoms with Crippen molar-refractivity contribution in [1.29, 1.82) is 0 Å². The van der Waals surface area contributed by atoms with Crippen LogP contribution in [0.1, 0.15) is 11.9 Å². The number of nitrogens with zero attached hydrogens (tertiary/aromatic N) is 3. The number of hydrogen-bond acceptors (Lipinski definition) is 3. The summed E-state index contributed by atoms with van der Waals surface area (Å²) in [7, 11) is 2.79. The molecule has 80 valence electrons. The van der Waals surface area contributed by atoms with Crippen molar-refractivity contribution in [2.75, 3.05) is 14.2 Å². The largest absolute Gasteiger partial charge is 0.352 e. The zero-order valence-electron chi connectivity index (χ0n) is 8.35. The second-order valence-corrected chi connectivity index (χ2v) is 2.67. The van der Waals surface area contributed by atoms with Crippen molar-refractivity contribution in [2.24, 2.45) is 5.11 Å². The topological polar surface area (TPSA) is 67.2 Å². The molecule has 15 heavy (non-hydrogen) atoms. The Labute approximate surface area is 86.1 Å². The minimum absolute atomic E-state index is 0.0749. The number of ether oxygens (including phenoxy) is 2. The first-order valence-electron chi connectivity index (χ1n) is 4.13. The Morgan fingerprint density at radius 2 is 2.07 bits per heavy atom. The fourth-order valence-corrected chi connectivity index (χ4v) is 1.19. The maximum Gasteiger partial charge on any atom is 0.185 e. The molecule has 0 amide bonds. The smallest absolute Gasteiger partial charge is 0.185 e. The van der Waals surface area contributed by atoms with Crippen molar-refractivity contribution in [3.05, 3.63) is 40.0 Å². The van der Waals surface area contributed by atoms with Crippen LogP contribution in [-0.4, -0.2) is 14.2 Å². The molecule has 0 atom stereocenters. The number of methoxy groups -OCH3 is 2. The monoisotopic (exact) mass is 211 g/mol. The molecule has 0 aliphatic heterocycles. The van der Waals surface area contributed by atoms with Gasteiger partial charge in [0.05, 0.1) is 5.69 Å². The zero-order valence-corrected chi connectivity index (χ0v) is 8.35. The van der Waals surface area contributed by atoms with Gasteiger partial charge in [-0.3, -0.25) is 0 Å². The van der Waals surface area contributed by atoms with Crippen LogP contribution in [0.2, 0.25) is 0 Å². The highest BCUT2D eigenvalue weighted by Crippen LogP contribution is 2.27. The van der Waals surface area contributed by atoms with Gasteiger partial charge in [-0.2, -0.15) is 0 Å². The second kappa shape index (κ2) is 5.31. The summed E-state index contributed by atoms with van der Waals surface area (Å²) in [5.74, 6) is -0.635. The Hall–Kier alpha value is -1.62. The fraction of sp³-hybridized carbons (Fsp3) is 0.333. The Bertz CT molecular complexity index is 387. The molecular formula is C9H10FN3O2. The molecule has 0 N–H and O–H groups in total. The summed E-state index contributed by atoms with van der Waals surface area (Å²) in [6.45, 7) is 0. The van der Waals surface area contributed by atoms with Crippen LogP contribution in [0.4, 0.5) is 10.1 Å². The van der Waals surface area contributed by atoms with Gasteiger partial charge in [-0.15, -0.1) is 0 Å². The highest BCUT2D eigenvalue weighted by atomic mass is 19.1. The van der Waals surface area contributed by atoms with Gasteiger partial charge in [0, 0.05) is 24.7 Å². The first-order valence-corrected chi connectivity index (χ1v) is 4.13. The average Bonchev–Trinajstić information content (AvgIpc) is 2.25. The van der Waals surface area contributed by atoms with Gasteiger partial charge in [0.2, 0.25) is 0 Å². The average molecular weight is 211 g/mol. The molecule has 0 spiro atoms. The molecule has 0 aromatic heterocycles. The van der Waals surface area contributed by atoms with Gasteiger partial charge >= 0.3 is 0 Å². The lowest BCUT2D eigenvalue weighted by Gasteiger charge is -2.14. The minimum atomic E-state index is -0.807. The van der Waals surface area contributed by atoms with Crippen LogP contribution in [0.3, 0.4) is 0 Å². The molecular weight excluding hydrogens is 201 g/mol. The van der Waals surface area contributed by atoms with Crippen molar-refractivity contribution < 1.29 is 13.9 Å². The van der Waals surface area contributed by atoms with E-state index in [2.05, 4.69) is 10.0 Å². The minimum Gasteiger partial charge on any atom is -0.352 e. The first kappa shape index (κ1) is 11.5. The Balaban J connectivity index is 3.19. The van der Waals surface area contributed by atoms with Crippen molar-refractivity contribution in [2.45, 2.75) is 6.29 Å². The second-order valence-electron chi connectivity index (χ2n) is 2.67. The Morgan fingerprint density at radius 3 is 2.60 bits per heavy atom. The predicted octanol–water partition coefficient (Wildman–Crippen LogP) is 3.06. The van der Waals surface area contributed by atoms with E-state index in [-0.39, 0.29) is 11.3 Å². The van der Waals surface area contributed by atoms with Crippen molar-refractivity contribution >= 4 is 5.69 Å². The highest BCUT2D eigenvalue weighted by molar-refractivity contribution is 5.42. The molecule has 0 aliphatic carbocycles. The van der Waals surface area contributed by atoms with Gasteiger partial charge in [0.1, 0.15) is 5.82 Å². The number of azide groups is 1. The van der Waals surface area contributed by atoms with Gasteiger partial charge in [0.15, 0.2) is 6.29 Å². The first-order chi connectivity index (χ1) is 7.24. The lowest BCUT2D eigenvalue weighted by Crippen LogP contribution is -2.05. The Morgan fingerprint density at radius 1 is 1.40 bits per heavy atom.